The molecule has 5 rings (SSSR count). The van der Waals surface area contributed by atoms with Gasteiger partial charge in [-0.1, -0.05) is 63.5 Å². The summed E-state index contributed by atoms with van der Waals surface area (Å²) in [5, 5.41) is 1.11. The highest BCUT2D eigenvalue weighted by molar-refractivity contribution is 9.09. The lowest BCUT2D eigenvalue weighted by atomic mass is 9.59. The second kappa shape index (κ2) is 4.46. The summed E-state index contributed by atoms with van der Waals surface area (Å²) in [6.45, 7) is 4.42. The summed E-state index contributed by atoms with van der Waals surface area (Å²) in [6.07, 6.45) is 1.29. The van der Waals surface area contributed by atoms with Gasteiger partial charge in [0.15, 0.2) is 0 Å². The molecule has 0 radical (unpaired) electrons. The van der Waals surface area contributed by atoms with E-state index in [0.29, 0.717) is 11.8 Å². The smallest absolute Gasteiger partial charge is 0.0132 e. The molecule has 0 fully saturated rings. The van der Waals surface area contributed by atoms with E-state index in [2.05, 4.69) is 66.2 Å². The summed E-state index contributed by atoms with van der Waals surface area (Å²) in [5.74, 6) is 1.93. The Labute approximate surface area is 129 Å². The van der Waals surface area contributed by atoms with E-state index in [9.17, 15) is 0 Å². The molecule has 0 aromatic heterocycles. The van der Waals surface area contributed by atoms with Gasteiger partial charge in [0.1, 0.15) is 0 Å². The Balaban J connectivity index is 1.99. The van der Waals surface area contributed by atoms with Crippen LogP contribution in [0.1, 0.15) is 51.6 Å². The Morgan fingerprint density at radius 1 is 0.900 bits per heavy atom. The zero-order chi connectivity index (χ0) is 13.9. The third kappa shape index (κ3) is 1.65. The molecule has 3 unspecified atom stereocenters. The van der Waals surface area contributed by atoms with Crippen molar-refractivity contribution in [2.24, 2.45) is 5.92 Å². The number of rotatable bonds is 1. The number of hydrogen-bond acceptors (Lipinski definition) is 0. The molecule has 2 aromatic carbocycles. The van der Waals surface area contributed by atoms with Crippen LogP contribution in [0.25, 0.3) is 0 Å². The number of benzene rings is 2. The largest absolute Gasteiger partial charge is 0.0925 e. The van der Waals surface area contributed by atoms with E-state index in [-0.39, 0.29) is 0 Å². The van der Waals surface area contributed by atoms with Gasteiger partial charge >= 0.3 is 0 Å². The van der Waals surface area contributed by atoms with Gasteiger partial charge in [0.05, 0.1) is 0 Å². The van der Waals surface area contributed by atoms with E-state index < -0.39 is 0 Å². The first-order valence-corrected chi connectivity index (χ1v) is 8.58. The first-order chi connectivity index (χ1) is 9.69. The maximum absolute atomic E-state index is 3.75. The monoisotopic (exact) mass is 326 g/mol. The lowest BCUT2D eigenvalue weighted by Gasteiger charge is -2.45. The van der Waals surface area contributed by atoms with E-state index in [0.717, 1.165) is 11.2 Å². The molecule has 0 nitrogen and oxygen atoms in total. The quantitative estimate of drug-likeness (QED) is 0.624. The van der Waals surface area contributed by atoms with Gasteiger partial charge in [-0.25, -0.2) is 0 Å². The molecule has 2 bridgehead atoms. The van der Waals surface area contributed by atoms with Gasteiger partial charge in [-0.15, -0.1) is 0 Å². The molecular weight excluding hydrogens is 308 g/mol. The van der Waals surface area contributed by atoms with E-state index in [1.165, 1.54) is 17.5 Å². The first kappa shape index (κ1) is 12.6. The Morgan fingerprint density at radius 2 is 1.55 bits per heavy atom. The number of halogens is 1. The van der Waals surface area contributed by atoms with Crippen LogP contribution >= 0.6 is 15.9 Å². The molecule has 0 aliphatic heterocycles. The van der Waals surface area contributed by atoms with Crippen LogP contribution in [0, 0.1) is 19.8 Å². The zero-order valence-electron chi connectivity index (χ0n) is 12.0. The maximum Gasteiger partial charge on any atom is 0.0132 e. The van der Waals surface area contributed by atoms with Gasteiger partial charge in [-0.2, -0.15) is 0 Å². The van der Waals surface area contributed by atoms with Gasteiger partial charge in [0.25, 0.3) is 0 Å². The molecule has 0 spiro atoms. The fraction of sp³-hybridized carbons (Fsp3) is 0.368. The topological polar surface area (TPSA) is 0 Å². The second-order valence-electron chi connectivity index (χ2n) is 6.45. The molecule has 20 heavy (non-hydrogen) atoms. The minimum Gasteiger partial charge on any atom is -0.0925 e. The summed E-state index contributed by atoms with van der Waals surface area (Å²) in [7, 11) is 0. The number of hydrogen-bond donors (Lipinski definition) is 0. The minimum atomic E-state index is 0.588. The normalized spacial score (nSPS) is 26.2. The highest BCUT2D eigenvalue weighted by Gasteiger charge is 2.42. The van der Waals surface area contributed by atoms with Crippen LogP contribution in [-0.2, 0) is 0 Å². The highest BCUT2D eigenvalue weighted by Crippen LogP contribution is 2.56. The van der Waals surface area contributed by atoms with Gasteiger partial charge in [-0.05, 0) is 48.4 Å². The third-order valence-corrected chi connectivity index (χ3v) is 5.95. The summed E-state index contributed by atoms with van der Waals surface area (Å²) in [4.78, 5) is 0. The Bertz CT molecular complexity index is 686. The molecule has 0 saturated heterocycles. The van der Waals surface area contributed by atoms with E-state index >= 15 is 0 Å². The van der Waals surface area contributed by atoms with Crippen LogP contribution in [-0.4, -0.2) is 5.33 Å². The third-order valence-electron chi connectivity index (χ3n) is 5.11. The van der Waals surface area contributed by atoms with Gasteiger partial charge < -0.3 is 0 Å². The molecule has 102 valence electrons. The molecule has 3 atom stereocenters. The summed E-state index contributed by atoms with van der Waals surface area (Å²) < 4.78 is 0. The second-order valence-corrected chi connectivity index (χ2v) is 7.09. The molecule has 0 heterocycles. The standard InChI is InChI=1S/C19H19Br/c1-11-4-6-15-16(7-11)17-9-13(10-20)19(15)18-8-12(2)3-5-14(17)18/h3-8,13,17,19H,9-10H2,1-2H3. The SMILES string of the molecule is Cc1ccc2c(c1)C1CC(CBr)C2c2cc(C)ccc21. The highest BCUT2D eigenvalue weighted by atomic mass is 79.9. The minimum absolute atomic E-state index is 0.588. The fourth-order valence-electron chi connectivity index (χ4n) is 4.25. The van der Waals surface area contributed by atoms with Crippen molar-refractivity contribution in [1.82, 2.24) is 0 Å². The molecule has 3 aliphatic carbocycles. The van der Waals surface area contributed by atoms with Crippen LogP contribution in [0.3, 0.4) is 0 Å². The Morgan fingerprint density at radius 3 is 2.25 bits per heavy atom. The van der Waals surface area contributed by atoms with Crippen molar-refractivity contribution < 1.29 is 0 Å². The van der Waals surface area contributed by atoms with Crippen molar-refractivity contribution in [3.05, 3.63) is 69.8 Å². The van der Waals surface area contributed by atoms with E-state index in [1.54, 1.807) is 22.3 Å². The summed E-state index contributed by atoms with van der Waals surface area (Å²) in [6, 6.07) is 14.1. The predicted octanol–water partition coefficient (Wildman–Crippen LogP) is 5.30. The van der Waals surface area contributed by atoms with Gasteiger partial charge in [0.2, 0.25) is 0 Å². The van der Waals surface area contributed by atoms with Gasteiger partial charge in [-0.3, -0.25) is 0 Å². The average molecular weight is 327 g/mol. The van der Waals surface area contributed by atoms with Crippen molar-refractivity contribution in [2.75, 3.05) is 5.33 Å². The van der Waals surface area contributed by atoms with Crippen molar-refractivity contribution >= 4 is 15.9 Å². The lowest BCUT2D eigenvalue weighted by Crippen LogP contribution is -2.33. The summed E-state index contributed by atoms with van der Waals surface area (Å²) >= 11 is 3.75. The average Bonchev–Trinajstić information content (AvgIpc) is 2.46. The predicted molar refractivity (Wildman–Crippen MR) is 87.9 cm³/mol. The van der Waals surface area contributed by atoms with Crippen molar-refractivity contribution in [2.45, 2.75) is 32.1 Å². The van der Waals surface area contributed by atoms with E-state index in [1.807, 2.05) is 0 Å². The molecule has 0 saturated carbocycles. The molecule has 3 aliphatic rings. The molecule has 0 N–H and O–H groups in total. The van der Waals surface area contributed by atoms with E-state index in [4.69, 9.17) is 0 Å². The van der Waals surface area contributed by atoms with Crippen molar-refractivity contribution in [3.63, 3.8) is 0 Å². The summed E-state index contributed by atoms with van der Waals surface area (Å²) in [5.41, 5.74) is 9.11. The van der Waals surface area contributed by atoms with Crippen molar-refractivity contribution in [1.29, 1.82) is 0 Å². The van der Waals surface area contributed by atoms with Crippen LogP contribution in [0.15, 0.2) is 36.4 Å². The number of aryl methyl sites for hydroxylation is 2. The van der Waals surface area contributed by atoms with Crippen LogP contribution in [0.4, 0.5) is 0 Å². The fourth-order valence-corrected chi connectivity index (χ4v) is 4.89. The first-order valence-electron chi connectivity index (χ1n) is 7.46. The van der Waals surface area contributed by atoms with Crippen LogP contribution < -0.4 is 0 Å². The Hall–Kier alpha value is -1.08. The number of alkyl halides is 1. The maximum atomic E-state index is 3.75. The van der Waals surface area contributed by atoms with Crippen LogP contribution in [0.5, 0.6) is 0 Å². The molecule has 0 amide bonds. The van der Waals surface area contributed by atoms with Crippen LogP contribution in [0.2, 0.25) is 0 Å². The molecular formula is C19H19Br. The van der Waals surface area contributed by atoms with Crippen molar-refractivity contribution in [3.8, 4) is 0 Å². The molecule has 1 heteroatoms. The zero-order valence-corrected chi connectivity index (χ0v) is 13.6. The molecule has 2 aromatic rings. The number of fused-ring (bicyclic) bond motifs is 1. The Kier molecular flexibility index (Phi) is 2.82. The lowest BCUT2D eigenvalue weighted by molar-refractivity contribution is 0.393. The van der Waals surface area contributed by atoms with Gasteiger partial charge in [0, 0.05) is 17.2 Å².